The Morgan fingerprint density at radius 1 is 1.24 bits per heavy atom. The number of amidine groups is 1. The third kappa shape index (κ3) is 2.43. The second kappa shape index (κ2) is 4.05. The number of aliphatic imine (C=N–C) groups is 1. The molecule has 1 aliphatic rings. The van der Waals surface area contributed by atoms with Crippen molar-refractivity contribution in [2.75, 3.05) is 20.1 Å². The summed E-state index contributed by atoms with van der Waals surface area (Å²) in [6.07, 6.45) is -4.31. The molecule has 1 aromatic carbocycles. The lowest BCUT2D eigenvalue weighted by atomic mass is 10.1. The number of hydrogen-bond acceptors (Lipinski definition) is 2. The minimum atomic E-state index is -4.31. The molecule has 0 radical (unpaired) electrons. The predicted molar refractivity (Wildman–Crippen MR) is 60.2 cm³/mol. The third-order valence-corrected chi connectivity index (χ3v) is 2.72. The van der Waals surface area contributed by atoms with Gasteiger partial charge in [-0.2, -0.15) is 13.2 Å². The van der Waals surface area contributed by atoms with Crippen LogP contribution in [-0.4, -0.2) is 30.9 Å². The molecule has 0 amide bonds. The van der Waals surface area contributed by atoms with Gasteiger partial charge in [-0.15, -0.1) is 0 Å². The van der Waals surface area contributed by atoms with Crippen LogP contribution in [0.15, 0.2) is 23.2 Å². The zero-order valence-electron chi connectivity index (χ0n) is 9.67. The topological polar surface area (TPSA) is 15.6 Å². The second-order valence-corrected chi connectivity index (χ2v) is 4.21. The van der Waals surface area contributed by atoms with Crippen LogP contribution in [0, 0.1) is 6.92 Å². The van der Waals surface area contributed by atoms with Crippen LogP contribution in [0.3, 0.4) is 0 Å². The van der Waals surface area contributed by atoms with Crippen molar-refractivity contribution in [1.82, 2.24) is 4.90 Å². The van der Waals surface area contributed by atoms with Gasteiger partial charge < -0.3 is 4.90 Å². The summed E-state index contributed by atoms with van der Waals surface area (Å²) in [6.45, 7) is 3.06. The van der Waals surface area contributed by atoms with Crippen LogP contribution in [0.5, 0.6) is 0 Å². The van der Waals surface area contributed by atoms with Crippen molar-refractivity contribution >= 4 is 5.84 Å². The summed E-state index contributed by atoms with van der Waals surface area (Å²) in [7, 11) is 1.83. The molecule has 92 valence electrons. The van der Waals surface area contributed by atoms with E-state index in [1.54, 1.807) is 13.0 Å². The maximum Gasteiger partial charge on any atom is 0.416 e. The van der Waals surface area contributed by atoms with E-state index >= 15 is 0 Å². The molecule has 0 saturated heterocycles. The highest BCUT2D eigenvalue weighted by Crippen LogP contribution is 2.31. The van der Waals surface area contributed by atoms with E-state index in [0.29, 0.717) is 23.5 Å². The Labute approximate surface area is 97.8 Å². The lowest BCUT2D eigenvalue weighted by Gasteiger charge is -2.16. The van der Waals surface area contributed by atoms with E-state index in [0.717, 1.165) is 18.7 Å². The maximum absolute atomic E-state index is 12.7. The predicted octanol–water partition coefficient (Wildman–Crippen LogP) is 2.71. The van der Waals surface area contributed by atoms with Gasteiger partial charge in [-0.1, -0.05) is 0 Å². The number of aryl methyl sites for hydroxylation is 1. The van der Waals surface area contributed by atoms with Gasteiger partial charge in [-0.25, -0.2) is 0 Å². The van der Waals surface area contributed by atoms with Gasteiger partial charge in [0.2, 0.25) is 0 Å². The first-order chi connectivity index (χ1) is 7.88. The highest BCUT2D eigenvalue weighted by molar-refractivity contribution is 5.99. The molecule has 0 saturated carbocycles. The van der Waals surface area contributed by atoms with Crippen LogP contribution >= 0.6 is 0 Å². The summed E-state index contributed by atoms with van der Waals surface area (Å²) in [5.41, 5.74) is 0.519. The van der Waals surface area contributed by atoms with E-state index in [4.69, 9.17) is 0 Å². The molecule has 0 N–H and O–H groups in total. The Kier molecular flexibility index (Phi) is 2.85. The molecule has 0 spiro atoms. The lowest BCUT2D eigenvalue weighted by molar-refractivity contribution is -0.137. The Hall–Kier alpha value is -1.52. The molecule has 1 aliphatic heterocycles. The summed E-state index contributed by atoms with van der Waals surface area (Å²) >= 11 is 0. The summed E-state index contributed by atoms with van der Waals surface area (Å²) in [4.78, 5) is 6.10. The van der Waals surface area contributed by atoms with Gasteiger partial charge in [0, 0.05) is 19.2 Å². The fourth-order valence-electron chi connectivity index (χ4n) is 1.92. The summed E-state index contributed by atoms with van der Waals surface area (Å²) in [6, 6.07) is 4.04. The minimum Gasteiger partial charge on any atom is -0.358 e. The zero-order valence-corrected chi connectivity index (χ0v) is 9.67. The van der Waals surface area contributed by atoms with Crippen LogP contribution in [-0.2, 0) is 6.18 Å². The number of likely N-dealkylation sites (N-methyl/N-ethyl adjacent to an activating group) is 1. The van der Waals surface area contributed by atoms with E-state index in [9.17, 15) is 13.2 Å². The zero-order chi connectivity index (χ0) is 12.6. The van der Waals surface area contributed by atoms with Crippen molar-refractivity contribution in [1.29, 1.82) is 0 Å². The molecule has 0 aromatic heterocycles. The normalized spacial score (nSPS) is 16.3. The number of nitrogens with zero attached hydrogens (tertiary/aromatic N) is 2. The highest BCUT2D eigenvalue weighted by atomic mass is 19.4. The first-order valence-corrected chi connectivity index (χ1v) is 5.33. The van der Waals surface area contributed by atoms with Crippen molar-refractivity contribution < 1.29 is 13.2 Å². The Morgan fingerprint density at radius 3 is 2.47 bits per heavy atom. The summed E-state index contributed by atoms with van der Waals surface area (Å²) in [5, 5.41) is 0. The Morgan fingerprint density at radius 2 is 1.94 bits per heavy atom. The molecule has 2 rings (SSSR count). The van der Waals surface area contributed by atoms with Crippen molar-refractivity contribution in [2.24, 2.45) is 4.99 Å². The van der Waals surface area contributed by atoms with Crippen LogP contribution in [0.1, 0.15) is 16.7 Å². The third-order valence-electron chi connectivity index (χ3n) is 2.72. The first kappa shape index (κ1) is 12.0. The molecule has 0 fully saturated rings. The van der Waals surface area contributed by atoms with Crippen molar-refractivity contribution in [2.45, 2.75) is 13.1 Å². The Bertz CT molecular complexity index is 463. The van der Waals surface area contributed by atoms with Crippen molar-refractivity contribution in [3.63, 3.8) is 0 Å². The number of alkyl halides is 3. The highest BCUT2D eigenvalue weighted by Gasteiger charge is 2.31. The fraction of sp³-hybridized carbons (Fsp3) is 0.417. The second-order valence-electron chi connectivity index (χ2n) is 4.21. The molecule has 5 heteroatoms. The minimum absolute atomic E-state index is 0.539. The van der Waals surface area contributed by atoms with E-state index in [1.807, 2.05) is 11.9 Å². The van der Waals surface area contributed by atoms with Crippen LogP contribution < -0.4 is 0 Å². The molecule has 0 atom stereocenters. The molecule has 1 aromatic rings. The molecular weight excluding hydrogens is 229 g/mol. The largest absolute Gasteiger partial charge is 0.416 e. The number of rotatable bonds is 1. The van der Waals surface area contributed by atoms with Gasteiger partial charge in [-0.05, 0) is 30.7 Å². The molecule has 17 heavy (non-hydrogen) atoms. The van der Waals surface area contributed by atoms with Crippen molar-refractivity contribution in [3.8, 4) is 0 Å². The summed E-state index contributed by atoms with van der Waals surface area (Å²) in [5.74, 6) is 0.638. The average molecular weight is 242 g/mol. The Balaban J connectivity index is 2.46. The number of benzene rings is 1. The molecule has 0 bridgehead atoms. The van der Waals surface area contributed by atoms with E-state index < -0.39 is 11.7 Å². The van der Waals surface area contributed by atoms with Gasteiger partial charge in [0.05, 0.1) is 12.1 Å². The van der Waals surface area contributed by atoms with Gasteiger partial charge in [-0.3, -0.25) is 4.99 Å². The molecule has 1 heterocycles. The molecular formula is C12H13F3N2. The standard InChI is InChI=1S/C12H13F3N2/c1-8-5-9(11-16-3-4-17(11)2)7-10(6-8)12(13,14)15/h5-7H,3-4H2,1-2H3. The quantitative estimate of drug-likeness (QED) is 0.739. The average Bonchev–Trinajstić information content (AvgIpc) is 2.62. The van der Waals surface area contributed by atoms with E-state index in [-0.39, 0.29) is 0 Å². The van der Waals surface area contributed by atoms with E-state index in [2.05, 4.69) is 4.99 Å². The van der Waals surface area contributed by atoms with Gasteiger partial charge in [0.15, 0.2) is 0 Å². The number of halogens is 3. The van der Waals surface area contributed by atoms with Gasteiger partial charge in [0.25, 0.3) is 0 Å². The van der Waals surface area contributed by atoms with Crippen molar-refractivity contribution in [3.05, 3.63) is 34.9 Å². The van der Waals surface area contributed by atoms with Gasteiger partial charge in [0.1, 0.15) is 5.84 Å². The van der Waals surface area contributed by atoms with Crippen LogP contribution in [0.2, 0.25) is 0 Å². The number of hydrogen-bond donors (Lipinski definition) is 0. The molecule has 0 unspecified atom stereocenters. The molecule has 2 nitrogen and oxygen atoms in total. The monoisotopic (exact) mass is 242 g/mol. The maximum atomic E-state index is 12.7. The fourth-order valence-corrected chi connectivity index (χ4v) is 1.92. The van der Waals surface area contributed by atoms with Crippen LogP contribution in [0.25, 0.3) is 0 Å². The first-order valence-electron chi connectivity index (χ1n) is 5.33. The van der Waals surface area contributed by atoms with Crippen LogP contribution in [0.4, 0.5) is 13.2 Å². The lowest BCUT2D eigenvalue weighted by Crippen LogP contribution is -2.24. The van der Waals surface area contributed by atoms with E-state index in [1.165, 1.54) is 0 Å². The van der Waals surface area contributed by atoms with Gasteiger partial charge >= 0.3 is 6.18 Å². The smallest absolute Gasteiger partial charge is 0.358 e. The summed E-state index contributed by atoms with van der Waals surface area (Å²) < 4.78 is 38.0. The molecule has 0 aliphatic carbocycles. The SMILES string of the molecule is Cc1cc(C2=NCCN2C)cc(C(F)(F)F)c1.